The Labute approximate surface area is 165 Å². The molecule has 28 heavy (non-hydrogen) atoms. The topological polar surface area (TPSA) is 81.7 Å². The van der Waals surface area contributed by atoms with E-state index in [1.54, 1.807) is 5.48 Å². The van der Waals surface area contributed by atoms with Gasteiger partial charge in [-0.15, -0.1) is 0 Å². The Hall–Kier alpha value is -2.18. The van der Waals surface area contributed by atoms with Gasteiger partial charge in [-0.3, -0.25) is 14.8 Å². The summed E-state index contributed by atoms with van der Waals surface area (Å²) in [5, 5.41) is 12.4. The third kappa shape index (κ3) is 3.59. The number of carbonyl (C=O) groups excluding carboxylic acids is 2. The summed E-state index contributed by atoms with van der Waals surface area (Å²) in [5.41, 5.74) is 6.94. The van der Waals surface area contributed by atoms with Crippen molar-refractivity contribution in [2.75, 3.05) is 19.6 Å². The number of nitrogens with one attached hydrogen (secondary N) is 2. The van der Waals surface area contributed by atoms with Crippen LogP contribution >= 0.6 is 0 Å². The van der Waals surface area contributed by atoms with E-state index in [9.17, 15) is 9.59 Å². The van der Waals surface area contributed by atoms with Gasteiger partial charge in [0.15, 0.2) is 0 Å². The van der Waals surface area contributed by atoms with Crippen molar-refractivity contribution in [2.45, 2.75) is 45.6 Å². The molecule has 3 N–H and O–H groups in total. The van der Waals surface area contributed by atoms with Crippen molar-refractivity contribution < 1.29 is 14.8 Å². The van der Waals surface area contributed by atoms with Crippen molar-refractivity contribution in [3.8, 4) is 0 Å². The van der Waals surface area contributed by atoms with E-state index < -0.39 is 17.9 Å². The van der Waals surface area contributed by atoms with Gasteiger partial charge in [-0.05, 0) is 61.6 Å². The maximum atomic E-state index is 13.2. The highest BCUT2D eigenvalue weighted by Crippen LogP contribution is 2.52. The van der Waals surface area contributed by atoms with E-state index >= 15 is 0 Å². The molecule has 2 atom stereocenters. The zero-order chi connectivity index (χ0) is 19.9. The van der Waals surface area contributed by atoms with Gasteiger partial charge in [0.2, 0.25) is 11.8 Å². The van der Waals surface area contributed by atoms with Crippen molar-refractivity contribution in [3.05, 3.63) is 41.0 Å². The Morgan fingerprint density at radius 1 is 1.29 bits per heavy atom. The predicted molar refractivity (Wildman–Crippen MR) is 107 cm³/mol. The first-order chi connectivity index (χ1) is 13.4. The van der Waals surface area contributed by atoms with Gasteiger partial charge in [-0.1, -0.05) is 29.8 Å². The molecule has 1 saturated carbocycles. The van der Waals surface area contributed by atoms with Crippen LogP contribution in [0.15, 0.2) is 24.3 Å². The molecule has 1 aliphatic carbocycles. The highest BCUT2D eigenvalue weighted by atomic mass is 16.5. The Bertz CT molecular complexity index is 828. The first-order valence-corrected chi connectivity index (χ1v) is 10.2. The Morgan fingerprint density at radius 2 is 2.07 bits per heavy atom. The molecule has 1 spiro atoms. The lowest BCUT2D eigenvalue weighted by atomic mass is 9.81. The van der Waals surface area contributed by atoms with E-state index in [1.165, 1.54) is 22.3 Å². The highest BCUT2D eigenvalue weighted by Gasteiger charge is 2.52. The minimum absolute atomic E-state index is 0.0413. The maximum Gasteiger partial charge on any atom is 0.248 e. The number of hydroxylamine groups is 1. The molecule has 2 fully saturated rings. The number of hydrogen-bond acceptors (Lipinski definition) is 4. The summed E-state index contributed by atoms with van der Waals surface area (Å²) in [6.07, 6.45) is 5.78. The maximum absolute atomic E-state index is 13.2. The van der Waals surface area contributed by atoms with Crippen molar-refractivity contribution in [1.29, 1.82) is 0 Å². The van der Waals surface area contributed by atoms with E-state index in [-0.39, 0.29) is 11.3 Å². The number of rotatable bonds is 3. The molecule has 3 aliphatic rings. The summed E-state index contributed by atoms with van der Waals surface area (Å²) in [4.78, 5) is 27.2. The molecule has 0 bridgehead atoms. The van der Waals surface area contributed by atoms with Crippen LogP contribution in [0.4, 0.5) is 0 Å². The molecule has 0 unspecified atom stereocenters. The summed E-state index contributed by atoms with van der Waals surface area (Å²) in [7, 11) is 0. The average molecular weight is 383 g/mol. The molecule has 4 rings (SSSR count). The molecule has 0 radical (unpaired) electrons. The number of carbonyl (C=O) groups is 2. The van der Waals surface area contributed by atoms with Crippen molar-refractivity contribution in [2.24, 2.45) is 11.3 Å². The van der Waals surface area contributed by atoms with Gasteiger partial charge in [0.1, 0.15) is 0 Å². The number of piperidine rings is 1. The first-order valence-electron chi connectivity index (χ1n) is 10.2. The molecule has 1 aromatic rings. The zero-order valence-electron chi connectivity index (χ0n) is 16.6. The normalized spacial score (nSPS) is 26.0. The Kier molecular flexibility index (Phi) is 5.02. The van der Waals surface area contributed by atoms with Gasteiger partial charge >= 0.3 is 0 Å². The second kappa shape index (κ2) is 7.33. The van der Waals surface area contributed by atoms with Crippen molar-refractivity contribution in [1.82, 2.24) is 15.7 Å². The third-order valence-corrected chi connectivity index (χ3v) is 6.68. The summed E-state index contributed by atoms with van der Waals surface area (Å²) in [6, 6.07) is 5.90. The number of nitrogens with zero attached hydrogens (tertiary/aromatic N) is 1. The summed E-state index contributed by atoms with van der Waals surface area (Å²) in [6.45, 7) is 6.18. The second-order valence-electron chi connectivity index (χ2n) is 8.73. The van der Waals surface area contributed by atoms with Crippen LogP contribution in [0.3, 0.4) is 0 Å². The van der Waals surface area contributed by atoms with E-state index in [4.69, 9.17) is 5.21 Å². The summed E-state index contributed by atoms with van der Waals surface area (Å²) >= 11 is 0. The fraction of sp³-hybridized carbons (Fsp3) is 0.545. The largest absolute Gasteiger partial charge is 0.337 e. The van der Waals surface area contributed by atoms with E-state index in [0.717, 1.165) is 25.8 Å². The van der Waals surface area contributed by atoms with Crippen LogP contribution in [0.5, 0.6) is 0 Å². The molecular weight excluding hydrogens is 354 g/mol. The molecule has 1 saturated heterocycles. The van der Waals surface area contributed by atoms with Crippen LogP contribution < -0.4 is 10.8 Å². The average Bonchev–Trinajstić information content (AvgIpc) is 3.47. The lowest BCUT2D eigenvalue weighted by Crippen LogP contribution is -2.59. The molecule has 2 amide bonds. The smallest absolute Gasteiger partial charge is 0.248 e. The van der Waals surface area contributed by atoms with E-state index in [1.807, 2.05) is 4.90 Å². The number of amides is 2. The second-order valence-corrected chi connectivity index (χ2v) is 8.73. The van der Waals surface area contributed by atoms with Gasteiger partial charge in [0.25, 0.3) is 0 Å². The molecule has 150 valence electrons. The molecule has 2 aliphatic heterocycles. The fourth-order valence-electron chi connectivity index (χ4n) is 4.66. The SMILES string of the molecule is Cc1ccc(C)c(C2=CCN(C(=O)[C@H]3NCC4(CC4)C[C@@H]3C(=O)NO)CC2)c1. The molecule has 1 aromatic carbocycles. The van der Waals surface area contributed by atoms with Crippen LogP contribution in [0.1, 0.15) is 42.4 Å². The van der Waals surface area contributed by atoms with E-state index in [2.05, 4.69) is 43.4 Å². The lowest BCUT2D eigenvalue weighted by molar-refractivity contribution is -0.144. The van der Waals surface area contributed by atoms with Crippen LogP contribution in [0.2, 0.25) is 0 Å². The van der Waals surface area contributed by atoms with Crippen LogP contribution in [-0.2, 0) is 9.59 Å². The first kappa shape index (κ1) is 19.2. The quantitative estimate of drug-likeness (QED) is 0.552. The fourth-order valence-corrected chi connectivity index (χ4v) is 4.66. The van der Waals surface area contributed by atoms with Gasteiger partial charge in [-0.25, -0.2) is 5.48 Å². The monoisotopic (exact) mass is 383 g/mol. The minimum Gasteiger partial charge on any atom is -0.337 e. The third-order valence-electron chi connectivity index (χ3n) is 6.68. The van der Waals surface area contributed by atoms with Crippen molar-refractivity contribution >= 4 is 17.4 Å². The zero-order valence-corrected chi connectivity index (χ0v) is 16.6. The van der Waals surface area contributed by atoms with Gasteiger partial charge in [0.05, 0.1) is 12.0 Å². The molecule has 0 aromatic heterocycles. The van der Waals surface area contributed by atoms with Crippen LogP contribution in [0, 0.1) is 25.2 Å². The van der Waals surface area contributed by atoms with Gasteiger partial charge < -0.3 is 10.2 Å². The summed E-state index contributed by atoms with van der Waals surface area (Å²) in [5.74, 6) is -1.01. The predicted octanol–water partition coefficient (Wildman–Crippen LogP) is 2.18. The number of hydrogen-bond donors (Lipinski definition) is 3. The lowest BCUT2D eigenvalue weighted by Gasteiger charge is -2.38. The van der Waals surface area contributed by atoms with Crippen molar-refractivity contribution in [3.63, 3.8) is 0 Å². The molecule has 6 heteroatoms. The standard InChI is InChI=1S/C22H29N3O3/c1-14-3-4-15(2)17(11-14)16-5-9-25(10-6-16)21(27)19-18(20(26)24-28)12-22(7-8-22)13-23-19/h3-5,11,18-19,23,28H,6-10,12-13H2,1-2H3,(H,24,26)/t18-,19-/m0/s1. The number of benzene rings is 1. The van der Waals surface area contributed by atoms with E-state index in [0.29, 0.717) is 19.5 Å². The molecular formula is C22H29N3O3. The highest BCUT2D eigenvalue weighted by molar-refractivity contribution is 5.90. The van der Waals surface area contributed by atoms with Gasteiger partial charge in [-0.2, -0.15) is 0 Å². The minimum atomic E-state index is -0.561. The molecule has 2 heterocycles. The van der Waals surface area contributed by atoms with Crippen LogP contribution in [0.25, 0.3) is 5.57 Å². The Balaban J connectivity index is 1.47. The number of aryl methyl sites for hydroxylation is 2. The van der Waals surface area contributed by atoms with Gasteiger partial charge in [0, 0.05) is 19.6 Å². The summed E-state index contributed by atoms with van der Waals surface area (Å²) < 4.78 is 0. The van der Waals surface area contributed by atoms with Crippen LogP contribution in [-0.4, -0.2) is 47.6 Å². The molecule has 6 nitrogen and oxygen atoms in total. The Morgan fingerprint density at radius 3 is 2.71 bits per heavy atom.